The molecule has 6 nitrogen and oxygen atoms in total. The van der Waals surface area contributed by atoms with Gasteiger partial charge in [0, 0.05) is 23.4 Å². The number of hydrogen-bond acceptors (Lipinski definition) is 4. The van der Waals surface area contributed by atoms with Gasteiger partial charge in [-0.1, -0.05) is 42.5 Å². The van der Waals surface area contributed by atoms with Gasteiger partial charge in [0.2, 0.25) is 10.0 Å². The minimum absolute atomic E-state index is 0.0278. The second-order valence-electron chi connectivity index (χ2n) is 10.2. The quantitative estimate of drug-likeness (QED) is 0.473. The van der Waals surface area contributed by atoms with Crippen molar-refractivity contribution in [1.82, 2.24) is 10.0 Å². The maximum Gasteiger partial charge on any atom is 0.252 e. The van der Waals surface area contributed by atoms with Crippen LogP contribution in [0.1, 0.15) is 54.6 Å². The molecule has 0 aromatic heterocycles. The molecule has 0 aliphatic heterocycles. The predicted molar refractivity (Wildman–Crippen MR) is 136 cm³/mol. The molecule has 4 rings (SSSR count). The topological polar surface area (TPSA) is 92.3 Å². The largest absolute Gasteiger partial charge is 0.339 e. The number of carbonyl (C=O) groups excluding carboxylic acids is 2. The SMILES string of the molecule is CC(C)(C)NS(=O)(=O)c1ccc(CC(=O)[C@]2(NC(=O)c3ccc(F)cc3)C[C@H]2c2ccccc2)cc1. The molecular weight excluding hydrogens is 479 g/mol. The lowest BCUT2D eigenvalue weighted by Crippen LogP contribution is -2.45. The molecule has 1 saturated carbocycles. The van der Waals surface area contributed by atoms with Crippen LogP contribution in [0.2, 0.25) is 0 Å². The molecule has 0 bridgehead atoms. The van der Waals surface area contributed by atoms with E-state index in [0.717, 1.165) is 5.56 Å². The summed E-state index contributed by atoms with van der Waals surface area (Å²) in [5.74, 6) is -1.26. The summed E-state index contributed by atoms with van der Waals surface area (Å²) in [4.78, 5) is 26.6. The summed E-state index contributed by atoms with van der Waals surface area (Å²) in [7, 11) is -3.69. The molecule has 0 unspecified atom stereocenters. The molecule has 1 fully saturated rings. The van der Waals surface area contributed by atoms with E-state index in [1.807, 2.05) is 30.3 Å². The Morgan fingerprint density at radius 1 is 0.944 bits per heavy atom. The van der Waals surface area contributed by atoms with E-state index in [1.54, 1.807) is 32.9 Å². The first-order valence-corrected chi connectivity index (χ1v) is 13.2. The molecule has 1 amide bonds. The third kappa shape index (κ3) is 5.71. The Kier molecular flexibility index (Phi) is 6.86. The van der Waals surface area contributed by atoms with Gasteiger partial charge in [-0.15, -0.1) is 0 Å². The van der Waals surface area contributed by atoms with Crippen molar-refractivity contribution in [3.8, 4) is 0 Å². The molecule has 1 aliphatic carbocycles. The van der Waals surface area contributed by atoms with Gasteiger partial charge in [0.25, 0.3) is 5.91 Å². The summed E-state index contributed by atoms with van der Waals surface area (Å²) in [6, 6.07) is 20.9. The summed E-state index contributed by atoms with van der Waals surface area (Å²) in [5, 5.41) is 2.92. The highest BCUT2D eigenvalue weighted by Crippen LogP contribution is 2.52. The number of halogens is 1. The van der Waals surface area contributed by atoms with Crippen molar-refractivity contribution >= 4 is 21.7 Å². The van der Waals surface area contributed by atoms with Gasteiger partial charge in [-0.05, 0) is 74.7 Å². The number of sulfonamides is 1. The van der Waals surface area contributed by atoms with E-state index in [9.17, 15) is 22.4 Å². The van der Waals surface area contributed by atoms with E-state index in [2.05, 4.69) is 10.0 Å². The number of benzene rings is 3. The van der Waals surface area contributed by atoms with Crippen molar-refractivity contribution in [3.05, 3.63) is 101 Å². The van der Waals surface area contributed by atoms with Crippen molar-refractivity contribution in [3.63, 3.8) is 0 Å². The van der Waals surface area contributed by atoms with Crippen molar-refractivity contribution in [2.75, 3.05) is 0 Å². The van der Waals surface area contributed by atoms with Crippen LogP contribution in [0.4, 0.5) is 4.39 Å². The molecule has 2 atom stereocenters. The fraction of sp³-hybridized carbons (Fsp3) is 0.286. The molecule has 0 saturated heterocycles. The standard InChI is InChI=1S/C28H29FN2O4S/c1-27(2,3)31-36(34,35)23-15-9-19(10-16-23)17-25(32)28(18-24(28)20-7-5-4-6-8-20)30-26(33)21-11-13-22(29)14-12-21/h4-16,24,31H,17-18H2,1-3H3,(H,30,33)/t24-,28-/m0/s1. The minimum Gasteiger partial charge on any atom is -0.339 e. The number of amides is 1. The van der Waals surface area contributed by atoms with Crippen LogP contribution in [0.25, 0.3) is 0 Å². The number of hydrogen-bond donors (Lipinski definition) is 2. The van der Waals surface area contributed by atoms with Crippen LogP contribution in [0, 0.1) is 5.82 Å². The highest BCUT2D eigenvalue weighted by atomic mass is 32.2. The number of Topliss-reactive ketones (excluding diaryl/α,β-unsaturated/α-hetero) is 1. The first-order valence-electron chi connectivity index (χ1n) is 11.7. The molecule has 1 aliphatic rings. The summed E-state index contributed by atoms with van der Waals surface area (Å²) >= 11 is 0. The number of ketones is 1. The lowest BCUT2D eigenvalue weighted by Gasteiger charge is -2.21. The van der Waals surface area contributed by atoms with Gasteiger partial charge in [0.15, 0.2) is 5.78 Å². The lowest BCUT2D eigenvalue weighted by atomic mass is 9.97. The Balaban J connectivity index is 1.55. The third-order valence-electron chi connectivity index (χ3n) is 6.14. The molecule has 0 radical (unpaired) electrons. The highest BCUT2D eigenvalue weighted by molar-refractivity contribution is 7.89. The van der Waals surface area contributed by atoms with E-state index in [-0.39, 0.29) is 28.6 Å². The zero-order valence-corrected chi connectivity index (χ0v) is 21.2. The van der Waals surface area contributed by atoms with Gasteiger partial charge in [-0.2, -0.15) is 0 Å². The van der Waals surface area contributed by atoms with Crippen molar-refractivity contribution in [1.29, 1.82) is 0 Å². The molecule has 0 spiro atoms. The molecule has 3 aromatic carbocycles. The number of carbonyl (C=O) groups is 2. The molecule has 36 heavy (non-hydrogen) atoms. The van der Waals surface area contributed by atoms with Crippen LogP contribution in [0.15, 0.2) is 83.8 Å². The van der Waals surface area contributed by atoms with E-state index in [4.69, 9.17) is 0 Å². The summed E-state index contributed by atoms with van der Waals surface area (Å²) in [6.45, 7) is 5.28. The van der Waals surface area contributed by atoms with Crippen LogP contribution in [-0.4, -0.2) is 31.2 Å². The molecule has 0 heterocycles. The highest BCUT2D eigenvalue weighted by Gasteiger charge is 2.60. The zero-order valence-electron chi connectivity index (χ0n) is 20.4. The fourth-order valence-electron chi connectivity index (χ4n) is 4.33. The monoisotopic (exact) mass is 508 g/mol. The molecular formula is C28H29FN2O4S. The van der Waals surface area contributed by atoms with Crippen LogP contribution in [0.5, 0.6) is 0 Å². The first kappa shape index (κ1) is 25.7. The second-order valence-corrected chi connectivity index (χ2v) is 11.9. The summed E-state index contributed by atoms with van der Waals surface area (Å²) in [5.41, 5.74) is 0.138. The average Bonchev–Trinajstić information content (AvgIpc) is 3.54. The van der Waals surface area contributed by atoms with Crippen LogP contribution < -0.4 is 10.0 Å². The normalized spacial score (nSPS) is 19.5. The summed E-state index contributed by atoms with van der Waals surface area (Å²) < 4.78 is 41.1. The van der Waals surface area contributed by atoms with Crippen LogP contribution >= 0.6 is 0 Å². The van der Waals surface area contributed by atoms with E-state index in [0.29, 0.717) is 12.0 Å². The zero-order chi connectivity index (χ0) is 26.1. The van der Waals surface area contributed by atoms with E-state index in [1.165, 1.54) is 36.4 Å². The van der Waals surface area contributed by atoms with E-state index < -0.39 is 32.8 Å². The first-order chi connectivity index (χ1) is 16.9. The maximum absolute atomic E-state index is 13.6. The van der Waals surface area contributed by atoms with Crippen molar-refractivity contribution in [2.24, 2.45) is 0 Å². The van der Waals surface area contributed by atoms with Gasteiger partial charge in [0.05, 0.1) is 4.90 Å². The van der Waals surface area contributed by atoms with Gasteiger partial charge >= 0.3 is 0 Å². The van der Waals surface area contributed by atoms with Gasteiger partial charge in [-0.3, -0.25) is 9.59 Å². The Labute approximate surface area is 211 Å². The van der Waals surface area contributed by atoms with Crippen molar-refractivity contribution < 1.29 is 22.4 Å². The Morgan fingerprint density at radius 3 is 2.14 bits per heavy atom. The molecule has 3 aromatic rings. The number of rotatable bonds is 8. The smallest absolute Gasteiger partial charge is 0.252 e. The fourth-order valence-corrected chi connectivity index (χ4v) is 5.75. The predicted octanol–water partition coefficient (Wildman–Crippen LogP) is 4.37. The van der Waals surface area contributed by atoms with Gasteiger partial charge in [0.1, 0.15) is 11.4 Å². The second kappa shape index (κ2) is 9.59. The summed E-state index contributed by atoms with van der Waals surface area (Å²) in [6.07, 6.45) is 0.477. The minimum atomic E-state index is -3.69. The van der Waals surface area contributed by atoms with Gasteiger partial charge in [-0.25, -0.2) is 17.5 Å². The lowest BCUT2D eigenvalue weighted by molar-refractivity contribution is -0.121. The average molecular weight is 509 g/mol. The molecule has 188 valence electrons. The maximum atomic E-state index is 13.6. The molecule has 2 N–H and O–H groups in total. The Hall–Kier alpha value is -3.36. The third-order valence-corrected chi connectivity index (χ3v) is 7.92. The van der Waals surface area contributed by atoms with Gasteiger partial charge < -0.3 is 5.32 Å². The van der Waals surface area contributed by atoms with Crippen LogP contribution in [-0.2, 0) is 21.2 Å². The van der Waals surface area contributed by atoms with E-state index >= 15 is 0 Å². The van der Waals surface area contributed by atoms with Crippen LogP contribution in [0.3, 0.4) is 0 Å². The Bertz CT molecular complexity index is 1370. The Morgan fingerprint density at radius 2 is 1.56 bits per heavy atom. The van der Waals surface area contributed by atoms with Crippen molar-refractivity contribution in [2.45, 2.75) is 55.5 Å². The number of nitrogens with one attached hydrogen (secondary N) is 2. The molecule has 8 heteroatoms.